The summed E-state index contributed by atoms with van der Waals surface area (Å²) < 4.78 is 0. The zero-order chi connectivity index (χ0) is 12.4. The molecule has 1 aromatic carbocycles. The lowest BCUT2D eigenvalue weighted by Crippen LogP contribution is -2.22. The van der Waals surface area contributed by atoms with Crippen molar-refractivity contribution >= 4 is 11.8 Å². The minimum absolute atomic E-state index is 0.0954. The van der Waals surface area contributed by atoms with Crippen LogP contribution in [0.15, 0.2) is 36.5 Å². The number of carbonyl (C=O) groups excluding carboxylic acids is 2. The van der Waals surface area contributed by atoms with Gasteiger partial charge in [-0.05, 0) is 18.6 Å². The van der Waals surface area contributed by atoms with Crippen molar-refractivity contribution in [1.82, 2.24) is 4.98 Å². The normalized spacial score (nSPS) is 10.2. The number of carboxylic acid groups (broad SMARTS) is 1. The third kappa shape index (κ3) is 2.10. The van der Waals surface area contributed by atoms with Crippen LogP contribution in [-0.2, 0) is 0 Å². The Morgan fingerprint density at radius 3 is 2.53 bits per heavy atom. The Hall–Kier alpha value is -2.36. The molecule has 1 N–H and O–H groups in total. The van der Waals surface area contributed by atoms with Crippen LogP contribution in [0.2, 0.25) is 0 Å². The molecule has 0 aliphatic carbocycles. The summed E-state index contributed by atoms with van der Waals surface area (Å²) in [5.41, 5.74) is 1.64. The standard InChI is InChI=1S/C13H11NO3/c1-8-4-2-3-5-10(8)12(15)9-6-11(13(16)17)14-7-9/h2-7,14H,1H3,(H,16,17)/p-1. The predicted molar refractivity (Wildman–Crippen MR) is 59.7 cm³/mol. The Bertz CT molecular complexity index is 584. The van der Waals surface area contributed by atoms with Gasteiger partial charge >= 0.3 is 0 Å². The van der Waals surface area contributed by atoms with Crippen LogP contribution in [0.3, 0.4) is 0 Å². The fourth-order valence-corrected chi connectivity index (χ4v) is 1.63. The van der Waals surface area contributed by atoms with Gasteiger partial charge in [0.2, 0.25) is 0 Å². The lowest BCUT2D eigenvalue weighted by Gasteiger charge is -2.02. The number of rotatable bonds is 3. The lowest BCUT2D eigenvalue weighted by atomic mass is 10.0. The van der Waals surface area contributed by atoms with Crippen molar-refractivity contribution in [3.05, 3.63) is 58.9 Å². The highest BCUT2D eigenvalue weighted by Crippen LogP contribution is 2.14. The molecule has 4 heteroatoms. The predicted octanol–water partition coefficient (Wildman–Crippen LogP) is 0.918. The van der Waals surface area contributed by atoms with Gasteiger partial charge < -0.3 is 14.9 Å². The topological polar surface area (TPSA) is 73.0 Å². The summed E-state index contributed by atoms with van der Waals surface area (Å²) in [6.07, 6.45) is 1.37. The minimum atomic E-state index is -1.33. The first-order valence-electron chi connectivity index (χ1n) is 5.09. The van der Waals surface area contributed by atoms with E-state index in [1.165, 1.54) is 12.3 Å². The Kier molecular flexibility index (Phi) is 2.78. The molecule has 2 aromatic rings. The number of carbonyl (C=O) groups is 2. The molecular formula is C13H10NO3-. The number of aromatic carboxylic acids is 1. The minimum Gasteiger partial charge on any atom is -0.543 e. The van der Waals surface area contributed by atoms with Crippen LogP contribution in [0.4, 0.5) is 0 Å². The third-order valence-corrected chi connectivity index (χ3v) is 2.55. The number of nitrogens with one attached hydrogen (secondary N) is 1. The number of hydrogen-bond acceptors (Lipinski definition) is 3. The highest BCUT2D eigenvalue weighted by atomic mass is 16.4. The van der Waals surface area contributed by atoms with Crippen LogP contribution in [0.5, 0.6) is 0 Å². The number of aromatic nitrogens is 1. The molecule has 0 amide bonds. The average Bonchev–Trinajstić information content (AvgIpc) is 2.78. The van der Waals surface area contributed by atoms with Crippen molar-refractivity contribution in [2.45, 2.75) is 6.92 Å². The Balaban J connectivity index is 2.37. The van der Waals surface area contributed by atoms with Crippen LogP contribution in [0.1, 0.15) is 32.0 Å². The fraction of sp³-hybridized carbons (Fsp3) is 0.0769. The van der Waals surface area contributed by atoms with Crippen LogP contribution in [-0.4, -0.2) is 16.7 Å². The third-order valence-electron chi connectivity index (χ3n) is 2.55. The van der Waals surface area contributed by atoms with E-state index in [1.54, 1.807) is 12.1 Å². The zero-order valence-corrected chi connectivity index (χ0v) is 9.19. The Morgan fingerprint density at radius 1 is 1.24 bits per heavy atom. The molecule has 0 aliphatic rings. The van der Waals surface area contributed by atoms with Gasteiger partial charge in [-0.2, -0.15) is 0 Å². The van der Waals surface area contributed by atoms with Crippen molar-refractivity contribution in [2.24, 2.45) is 0 Å². The molecule has 1 heterocycles. The van der Waals surface area contributed by atoms with E-state index in [4.69, 9.17) is 0 Å². The molecule has 0 unspecified atom stereocenters. The summed E-state index contributed by atoms with van der Waals surface area (Å²) in [6, 6.07) is 8.44. The van der Waals surface area contributed by atoms with Crippen LogP contribution in [0, 0.1) is 6.92 Å². The van der Waals surface area contributed by atoms with Crippen molar-refractivity contribution < 1.29 is 14.7 Å². The van der Waals surface area contributed by atoms with Gasteiger partial charge in [-0.1, -0.05) is 24.3 Å². The number of benzene rings is 1. The number of hydrogen-bond donors (Lipinski definition) is 1. The monoisotopic (exact) mass is 228 g/mol. The van der Waals surface area contributed by atoms with Crippen molar-refractivity contribution in [2.75, 3.05) is 0 Å². The van der Waals surface area contributed by atoms with E-state index in [1.807, 2.05) is 19.1 Å². The van der Waals surface area contributed by atoms with Gasteiger partial charge in [-0.3, -0.25) is 4.79 Å². The molecule has 2 rings (SSSR count). The molecule has 0 spiro atoms. The summed E-state index contributed by atoms with van der Waals surface area (Å²) in [5.74, 6) is -1.53. The summed E-state index contributed by atoms with van der Waals surface area (Å²) >= 11 is 0. The van der Waals surface area contributed by atoms with Gasteiger partial charge in [0.05, 0.1) is 11.7 Å². The second-order valence-corrected chi connectivity index (χ2v) is 3.73. The van der Waals surface area contributed by atoms with Gasteiger partial charge in [0, 0.05) is 17.3 Å². The van der Waals surface area contributed by atoms with Crippen LogP contribution in [0.25, 0.3) is 0 Å². The molecule has 4 nitrogen and oxygen atoms in total. The molecule has 0 fully saturated rings. The first-order chi connectivity index (χ1) is 8.09. The maximum atomic E-state index is 12.1. The van der Waals surface area contributed by atoms with Crippen LogP contribution >= 0.6 is 0 Å². The second kappa shape index (κ2) is 4.25. The number of H-pyrrole nitrogens is 1. The number of carboxylic acids is 1. The van der Waals surface area contributed by atoms with E-state index >= 15 is 0 Å². The Morgan fingerprint density at radius 2 is 1.94 bits per heavy atom. The first-order valence-corrected chi connectivity index (χ1v) is 5.09. The lowest BCUT2D eigenvalue weighted by molar-refractivity contribution is -0.255. The molecule has 0 atom stereocenters. The molecule has 0 aliphatic heterocycles. The maximum absolute atomic E-state index is 12.1. The SMILES string of the molecule is Cc1ccccc1C(=O)c1c[nH]c(C(=O)[O-])c1. The van der Waals surface area contributed by atoms with E-state index in [2.05, 4.69) is 4.98 Å². The molecule has 0 saturated heterocycles. The van der Waals surface area contributed by atoms with Crippen LogP contribution < -0.4 is 5.11 Å². The number of aryl methyl sites for hydroxylation is 1. The summed E-state index contributed by atoms with van der Waals surface area (Å²) in [4.78, 5) is 25.1. The summed E-state index contributed by atoms with van der Waals surface area (Å²) in [7, 11) is 0. The van der Waals surface area contributed by atoms with E-state index < -0.39 is 5.97 Å². The second-order valence-electron chi connectivity index (χ2n) is 3.73. The van der Waals surface area contributed by atoms with Gasteiger partial charge in [0.1, 0.15) is 0 Å². The smallest absolute Gasteiger partial charge is 0.194 e. The van der Waals surface area contributed by atoms with E-state index in [9.17, 15) is 14.7 Å². The van der Waals surface area contributed by atoms with Crippen molar-refractivity contribution in [1.29, 1.82) is 0 Å². The van der Waals surface area contributed by atoms with Crippen molar-refractivity contribution in [3.8, 4) is 0 Å². The fourth-order valence-electron chi connectivity index (χ4n) is 1.63. The largest absolute Gasteiger partial charge is 0.543 e. The molecular weight excluding hydrogens is 218 g/mol. The summed E-state index contributed by atoms with van der Waals surface area (Å²) in [5, 5.41) is 10.6. The number of aromatic amines is 1. The molecule has 17 heavy (non-hydrogen) atoms. The molecule has 0 radical (unpaired) electrons. The zero-order valence-electron chi connectivity index (χ0n) is 9.19. The van der Waals surface area contributed by atoms with Gasteiger partial charge in [-0.25, -0.2) is 0 Å². The average molecular weight is 228 g/mol. The van der Waals surface area contributed by atoms with Gasteiger partial charge in [0.25, 0.3) is 0 Å². The van der Waals surface area contributed by atoms with E-state index in [0.717, 1.165) is 5.56 Å². The molecule has 1 aromatic heterocycles. The van der Waals surface area contributed by atoms with E-state index in [-0.39, 0.29) is 11.5 Å². The highest BCUT2D eigenvalue weighted by Gasteiger charge is 2.13. The maximum Gasteiger partial charge on any atom is 0.194 e. The summed E-state index contributed by atoms with van der Waals surface area (Å²) in [6.45, 7) is 1.83. The first kappa shape index (κ1) is 11.1. The van der Waals surface area contributed by atoms with Gasteiger partial charge in [-0.15, -0.1) is 0 Å². The van der Waals surface area contributed by atoms with Gasteiger partial charge in [0.15, 0.2) is 5.78 Å². The Labute approximate surface area is 97.9 Å². The number of ketones is 1. The quantitative estimate of drug-likeness (QED) is 0.794. The van der Waals surface area contributed by atoms with E-state index in [0.29, 0.717) is 11.1 Å². The highest BCUT2D eigenvalue weighted by molar-refractivity contribution is 6.10. The molecule has 0 bridgehead atoms. The van der Waals surface area contributed by atoms with Crippen molar-refractivity contribution in [3.63, 3.8) is 0 Å². The molecule has 86 valence electrons. The molecule has 0 saturated carbocycles.